The molecule has 6 heteroatoms. The number of hydrogen-bond acceptors (Lipinski definition) is 2. The maximum Gasteiger partial charge on any atom is 0.420 e. The molecule has 1 N–H and O–H groups in total. The number of alkyl halides is 3. The van der Waals surface area contributed by atoms with E-state index >= 15 is 0 Å². The summed E-state index contributed by atoms with van der Waals surface area (Å²) in [5, 5.41) is 4.15. The van der Waals surface area contributed by atoms with Crippen LogP contribution in [0, 0.1) is 5.92 Å². The minimum Gasteiger partial charge on any atom is -0.496 e. The Labute approximate surface area is 138 Å². The summed E-state index contributed by atoms with van der Waals surface area (Å²) >= 11 is 0. The number of halogens is 3. The standard InChI is InChI=1S/C18H20F3N2O/c1-24-17-6-13-14-9-22-8-12(14)10-23(5-4-11-2-3-11)16(13)7-15(17)18(19,20)21/h6-7,10-11,22H,2-5,8-9H2,1H3/q+1. The number of ether oxygens (including phenoxy) is 1. The van der Waals surface area contributed by atoms with Crippen LogP contribution in [0.25, 0.3) is 10.9 Å². The van der Waals surface area contributed by atoms with Crippen LogP contribution >= 0.6 is 0 Å². The number of methoxy groups -OCH3 is 1. The van der Waals surface area contributed by atoms with E-state index < -0.39 is 11.7 Å². The Hall–Kier alpha value is -1.82. The Balaban J connectivity index is 1.91. The first-order chi connectivity index (χ1) is 11.5. The number of rotatable bonds is 4. The third-order valence-electron chi connectivity index (χ3n) is 5.05. The quantitative estimate of drug-likeness (QED) is 0.863. The van der Waals surface area contributed by atoms with E-state index in [9.17, 15) is 13.2 Å². The van der Waals surface area contributed by atoms with Gasteiger partial charge in [-0.25, -0.2) is 0 Å². The van der Waals surface area contributed by atoms with Crippen molar-refractivity contribution in [2.75, 3.05) is 7.11 Å². The topological polar surface area (TPSA) is 25.1 Å². The molecular weight excluding hydrogens is 317 g/mol. The highest BCUT2D eigenvalue weighted by atomic mass is 19.4. The Kier molecular flexibility index (Phi) is 3.67. The van der Waals surface area contributed by atoms with Crippen molar-refractivity contribution in [2.45, 2.75) is 45.1 Å². The van der Waals surface area contributed by atoms with Gasteiger partial charge in [-0.05, 0) is 30.4 Å². The van der Waals surface area contributed by atoms with E-state index in [-0.39, 0.29) is 5.75 Å². The van der Waals surface area contributed by atoms with Crippen molar-refractivity contribution in [3.8, 4) is 5.75 Å². The number of aryl methyl sites for hydroxylation is 1. The molecule has 0 saturated heterocycles. The van der Waals surface area contributed by atoms with Crippen molar-refractivity contribution in [3.05, 3.63) is 35.0 Å². The van der Waals surface area contributed by atoms with Gasteiger partial charge in [0.25, 0.3) is 0 Å². The molecule has 1 aliphatic heterocycles. The van der Waals surface area contributed by atoms with Crippen molar-refractivity contribution >= 4 is 10.9 Å². The normalized spacial score (nSPS) is 17.3. The summed E-state index contributed by atoms with van der Waals surface area (Å²) in [6, 6.07) is 2.80. The minimum absolute atomic E-state index is 0.107. The van der Waals surface area contributed by atoms with Crippen LogP contribution in [0.3, 0.4) is 0 Å². The minimum atomic E-state index is -4.43. The zero-order chi connectivity index (χ0) is 16.9. The van der Waals surface area contributed by atoms with Crippen molar-refractivity contribution in [3.63, 3.8) is 0 Å². The molecule has 1 aromatic carbocycles. The zero-order valence-electron chi connectivity index (χ0n) is 13.5. The highest BCUT2D eigenvalue weighted by Gasteiger charge is 2.37. The van der Waals surface area contributed by atoms with Crippen molar-refractivity contribution in [2.24, 2.45) is 5.92 Å². The van der Waals surface area contributed by atoms with E-state index in [4.69, 9.17) is 4.74 Å². The molecule has 0 spiro atoms. The highest BCUT2D eigenvalue weighted by molar-refractivity contribution is 5.83. The maximum absolute atomic E-state index is 13.4. The van der Waals surface area contributed by atoms with E-state index in [1.165, 1.54) is 31.6 Å². The van der Waals surface area contributed by atoms with Crippen LogP contribution < -0.4 is 14.6 Å². The largest absolute Gasteiger partial charge is 0.496 e. The summed E-state index contributed by atoms with van der Waals surface area (Å²) in [7, 11) is 1.29. The summed E-state index contributed by atoms with van der Waals surface area (Å²) in [5.74, 6) is 0.628. The molecule has 1 saturated carbocycles. The van der Waals surface area contributed by atoms with Gasteiger partial charge in [-0.15, -0.1) is 0 Å². The van der Waals surface area contributed by atoms with Gasteiger partial charge in [0, 0.05) is 31.1 Å². The summed E-state index contributed by atoms with van der Waals surface area (Å²) in [6.07, 6.45) is 1.11. The van der Waals surface area contributed by atoms with E-state index in [2.05, 4.69) is 5.32 Å². The van der Waals surface area contributed by atoms with Crippen LogP contribution in [-0.2, 0) is 25.8 Å². The monoisotopic (exact) mass is 337 g/mol. The lowest BCUT2D eigenvalue weighted by atomic mass is 10.0. The fraction of sp³-hybridized carbons (Fsp3) is 0.500. The van der Waals surface area contributed by atoms with Gasteiger partial charge < -0.3 is 10.1 Å². The average Bonchev–Trinajstić information content (AvgIpc) is 3.25. The molecule has 1 aromatic heterocycles. The molecule has 1 aliphatic carbocycles. The van der Waals surface area contributed by atoms with Gasteiger partial charge in [0.05, 0.1) is 12.5 Å². The zero-order valence-corrected chi connectivity index (χ0v) is 13.5. The van der Waals surface area contributed by atoms with E-state index in [0.717, 1.165) is 36.4 Å². The molecule has 128 valence electrons. The SMILES string of the molecule is COc1cc2c3c(c[n+](CCC4CC4)c2cc1C(F)(F)F)CNC3. The molecule has 2 aliphatic rings. The van der Waals surface area contributed by atoms with Crippen LogP contribution in [0.2, 0.25) is 0 Å². The van der Waals surface area contributed by atoms with Gasteiger partial charge >= 0.3 is 6.18 Å². The number of aromatic nitrogens is 1. The van der Waals surface area contributed by atoms with Crippen LogP contribution in [0.15, 0.2) is 18.3 Å². The number of nitrogens with one attached hydrogen (secondary N) is 1. The molecule has 4 rings (SSSR count). The number of pyridine rings is 1. The van der Waals surface area contributed by atoms with Gasteiger partial charge in [-0.3, -0.25) is 0 Å². The summed E-state index contributed by atoms with van der Waals surface area (Å²) in [4.78, 5) is 0. The molecule has 24 heavy (non-hydrogen) atoms. The summed E-state index contributed by atoms with van der Waals surface area (Å²) in [6.45, 7) is 2.21. The summed E-state index contributed by atoms with van der Waals surface area (Å²) < 4.78 is 47.2. The van der Waals surface area contributed by atoms with Crippen molar-refractivity contribution < 1.29 is 22.5 Å². The van der Waals surface area contributed by atoms with Crippen LogP contribution in [0.5, 0.6) is 5.75 Å². The molecule has 2 heterocycles. The molecule has 3 nitrogen and oxygen atoms in total. The van der Waals surface area contributed by atoms with Gasteiger partial charge in [0.1, 0.15) is 17.9 Å². The first kappa shape index (κ1) is 15.7. The number of hydrogen-bond donors (Lipinski definition) is 1. The first-order valence-electron chi connectivity index (χ1n) is 8.31. The van der Waals surface area contributed by atoms with Gasteiger partial charge in [0.15, 0.2) is 6.20 Å². The van der Waals surface area contributed by atoms with Gasteiger partial charge in [-0.1, -0.05) is 0 Å². The Morgan fingerprint density at radius 3 is 2.71 bits per heavy atom. The molecule has 0 radical (unpaired) electrons. The van der Waals surface area contributed by atoms with Gasteiger partial charge in [-0.2, -0.15) is 17.7 Å². The third kappa shape index (κ3) is 2.73. The third-order valence-corrected chi connectivity index (χ3v) is 5.05. The van der Waals surface area contributed by atoms with Crippen LogP contribution in [0.4, 0.5) is 13.2 Å². The second-order valence-corrected chi connectivity index (χ2v) is 6.73. The number of benzene rings is 1. The highest BCUT2D eigenvalue weighted by Crippen LogP contribution is 2.39. The predicted molar refractivity (Wildman–Crippen MR) is 83.6 cm³/mol. The Bertz CT molecular complexity index is 797. The Morgan fingerprint density at radius 1 is 1.25 bits per heavy atom. The summed E-state index contributed by atoms with van der Waals surface area (Å²) in [5.41, 5.74) is 2.19. The van der Waals surface area contributed by atoms with Gasteiger partial charge in [0.2, 0.25) is 5.52 Å². The maximum atomic E-state index is 13.4. The molecule has 0 bridgehead atoms. The molecule has 1 fully saturated rings. The molecular formula is C18H20F3N2O+. The van der Waals surface area contributed by atoms with Crippen molar-refractivity contribution in [1.82, 2.24) is 5.32 Å². The first-order valence-corrected chi connectivity index (χ1v) is 8.31. The molecule has 0 atom stereocenters. The molecule has 0 amide bonds. The second-order valence-electron chi connectivity index (χ2n) is 6.73. The molecule has 2 aromatic rings. The fourth-order valence-corrected chi connectivity index (χ4v) is 3.54. The molecule has 0 unspecified atom stereocenters. The number of nitrogens with zero attached hydrogens (tertiary/aromatic N) is 1. The van der Waals surface area contributed by atoms with Crippen LogP contribution in [-0.4, -0.2) is 7.11 Å². The average molecular weight is 337 g/mol. The lowest BCUT2D eigenvalue weighted by Crippen LogP contribution is -2.36. The number of fused-ring (bicyclic) bond motifs is 3. The van der Waals surface area contributed by atoms with E-state index in [1.54, 1.807) is 6.07 Å². The van der Waals surface area contributed by atoms with Crippen LogP contribution in [0.1, 0.15) is 36.0 Å². The lowest BCUT2D eigenvalue weighted by Gasteiger charge is -2.14. The lowest BCUT2D eigenvalue weighted by molar-refractivity contribution is -0.672. The fourth-order valence-electron chi connectivity index (χ4n) is 3.54. The second kappa shape index (κ2) is 5.62. The predicted octanol–water partition coefficient (Wildman–Crippen LogP) is 3.56. The smallest absolute Gasteiger partial charge is 0.420 e. The van der Waals surface area contributed by atoms with E-state index in [1.807, 2.05) is 10.8 Å². The van der Waals surface area contributed by atoms with E-state index in [0.29, 0.717) is 12.1 Å². The Morgan fingerprint density at radius 2 is 2.04 bits per heavy atom. The van der Waals surface area contributed by atoms with Crippen molar-refractivity contribution in [1.29, 1.82) is 0 Å².